The van der Waals surface area contributed by atoms with Crippen molar-refractivity contribution in [3.63, 3.8) is 0 Å². The summed E-state index contributed by atoms with van der Waals surface area (Å²) in [4.78, 5) is 35.8. The number of urea groups is 1. The summed E-state index contributed by atoms with van der Waals surface area (Å²) >= 11 is 12.5. The van der Waals surface area contributed by atoms with Crippen LogP contribution in [0.25, 0.3) is 0 Å². The van der Waals surface area contributed by atoms with E-state index in [-0.39, 0.29) is 28.7 Å². The number of allylic oxidation sites excluding steroid dienone is 1. The van der Waals surface area contributed by atoms with Crippen molar-refractivity contribution in [1.29, 1.82) is 5.41 Å². The molecule has 4 rings (SSSR count). The Morgan fingerprint density at radius 3 is 2.50 bits per heavy atom. The van der Waals surface area contributed by atoms with Gasteiger partial charge in [-0.2, -0.15) is 4.98 Å². The van der Waals surface area contributed by atoms with Crippen molar-refractivity contribution >= 4 is 46.4 Å². The molecular weight excluding hydrogens is 557 g/mol. The van der Waals surface area contributed by atoms with Crippen LogP contribution in [0.2, 0.25) is 10.0 Å². The van der Waals surface area contributed by atoms with Crippen LogP contribution in [-0.4, -0.2) is 40.6 Å². The number of rotatable bonds is 7. The molecule has 1 saturated heterocycles. The summed E-state index contributed by atoms with van der Waals surface area (Å²) in [6, 6.07) is 5.55. The number of anilines is 2. The molecule has 3 N–H and O–H groups in total. The Hall–Kier alpha value is -4.09. The molecule has 11 nitrogen and oxygen atoms in total. The van der Waals surface area contributed by atoms with Crippen molar-refractivity contribution in [1.82, 2.24) is 19.9 Å². The number of nitrogens with zero attached hydrogens (tertiary/aromatic N) is 4. The van der Waals surface area contributed by atoms with E-state index < -0.39 is 17.6 Å². The average Bonchev–Trinajstić information content (AvgIpc) is 2.90. The van der Waals surface area contributed by atoms with Gasteiger partial charge in [-0.25, -0.2) is 9.78 Å². The van der Waals surface area contributed by atoms with Crippen LogP contribution in [0.15, 0.2) is 52.7 Å². The van der Waals surface area contributed by atoms with Crippen LogP contribution in [0.5, 0.6) is 11.9 Å². The molecule has 3 heterocycles. The van der Waals surface area contributed by atoms with Gasteiger partial charge in [0.2, 0.25) is 5.88 Å². The summed E-state index contributed by atoms with van der Waals surface area (Å²) in [7, 11) is 4.48. The first-order valence-corrected chi connectivity index (χ1v) is 13.0. The number of amidine groups is 1. The molecule has 0 saturated carbocycles. The fourth-order valence-corrected chi connectivity index (χ4v) is 5.02. The Labute approximate surface area is 241 Å². The molecule has 1 aromatic carbocycles. The fraction of sp³-hybridized carbons (Fsp3) is 0.296. The second-order valence-corrected chi connectivity index (χ2v) is 10.3. The quantitative estimate of drug-likeness (QED) is 0.352. The highest BCUT2D eigenvalue weighted by molar-refractivity contribution is 6.31. The summed E-state index contributed by atoms with van der Waals surface area (Å²) in [5.41, 5.74) is 3.01. The molecule has 0 radical (unpaired) electrons. The summed E-state index contributed by atoms with van der Waals surface area (Å²) in [6.45, 7) is 5.79. The fourth-order valence-electron chi connectivity index (χ4n) is 4.55. The maximum Gasteiger partial charge on any atom is 0.328 e. The monoisotopic (exact) mass is 585 g/mol. The predicted octanol–water partition coefficient (Wildman–Crippen LogP) is 5.08. The van der Waals surface area contributed by atoms with Crippen LogP contribution >= 0.6 is 23.2 Å². The zero-order valence-corrected chi connectivity index (χ0v) is 24.3. The van der Waals surface area contributed by atoms with Crippen LogP contribution in [0.1, 0.15) is 31.0 Å². The van der Waals surface area contributed by atoms with Gasteiger partial charge in [-0.3, -0.25) is 20.4 Å². The number of nitrogens with one attached hydrogen (secondary N) is 3. The Morgan fingerprint density at radius 2 is 1.90 bits per heavy atom. The molecule has 1 aliphatic heterocycles. The van der Waals surface area contributed by atoms with E-state index in [2.05, 4.69) is 20.6 Å². The number of aryl methyl sites for hydroxylation is 2. The Bertz CT molecular complexity index is 1560. The van der Waals surface area contributed by atoms with Crippen molar-refractivity contribution in [2.24, 2.45) is 13.0 Å². The van der Waals surface area contributed by atoms with Gasteiger partial charge in [0.25, 0.3) is 5.56 Å². The zero-order chi connectivity index (χ0) is 29.3. The molecule has 0 aliphatic carbocycles. The number of pyridine rings is 1. The summed E-state index contributed by atoms with van der Waals surface area (Å²) in [5, 5.41) is 15.4. The van der Waals surface area contributed by atoms with Gasteiger partial charge in [0, 0.05) is 29.5 Å². The van der Waals surface area contributed by atoms with Crippen LogP contribution in [0.4, 0.5) is 16.2 Å². The van der Waals surface area contributed by atoms with Crippen LogP contribution in [0, 0.1) is 18.3 Å². The number of halogens is 2. The van der Waals surface area contributed by atoms with Gasteiger partial charge >= 0.3 is 12.0 Å². The van der Waals surface area contributed by atoms with E-state index in [0.717, 1.165) is 11.1 Å². The topological polar surface area (TPSA) is 134 Å². The molecule has 2 amide bonds. The maximum atomic E-state index is 13.6. The Kier molecular flexibility index (Phi) is 8.36. The van der Waals surface area contributed by atoms with Crippen LogP contribution in [-0.2, 0) is 7.05 Å². The van der Waals surface area contributed by atoms with E-state index >= 15 is 0 Å². The lowest BCUT2D eigenvalue weighted by Gasteiger charge is -2.40. The lowest BCUT2D eigenvalue weighted by Crippen LogP contribution is -2.53. The third-order valence-corrected chi connectivity index (χ3v) is 6.93. The van der Waals surface area contributed by atoms with E-state index in [1.54, 1.807) is 19.2 Å². The SMILES string of the molecule is COc1ncc(N/C(=C2\C(=N)NC(=O)N(c3cc(Cl)c(=O)n(C)c3)C2c2ccc(Cl)cc2C)C(C)C)c(OC)n1. The third kappa shape index (κ3) is 5.47. The van der Waals surface area contributed by atoms with E-state index in [4.69, 9.17) is 38.1 Å². The maximum absolute atomic E-state index is 13.6. The molecule has 2 aromatic heterocycles. The number of methoxy groups -OCH3 is 2. The number of amides is 2. The van der Waals surface area contributed by atoms with E-state index in [0.29, 0.717) is 27.7 Å². The van der Waals surface area contributed by atoms with Crippen molar-refractivity contribution < 1.29 is 14.3 Å². The number of carbonyl (C=O) groups excluding carboxylic acids is 1. The highest BCUT2D eigenvalue weighted by Crippen LogP contribution is 2.41. The number of aromatic nitrogens is 3. The van der Waals surface area contributed by atoms with Crippen LogP contribution in [0.3, 0.4) is 0 Å². The van der Waals surface area contributed by atoms with Crippen molar-refractivity contribution in [3.05, 3.63) is 79.5 Å². The molecule has 210 valence electrons. The minimum atomic E-state index is -0.804. The average molecular weight is 586 g/mol. The van der Waals surface area contributed by atoms with Crippen LogP contribution < -0.4 is 30.6 Å². The molecule has 0 spiro atoms. The molecule has 1 fully saturated rings. The molecule has 1 aliphatic rings. The summed E-state index contributed by atoms with van der Waals surface area (Å²) in [5.74, 6) is -0.0307. The standard InChI is InChI=1S/C27H29Cl2N7O4/c1-13(2)21(32-19-11-31-26(40-6)34-24(19)39-5)20-22(17-8-7-15(28)9-14(17)3)36(27(38)33-23(20)30)16-10-18(29)25(37)35(4)12-16/h7-13,22,32H,1-6H3,(H2,30,33,38)/b21-20-. The van der Waals surface area contributed by atoms with Gasteiger partial charge in [0.1, 0.15) is 16.5 Å². The number of hydrogen-bond donors (Lipinski definition) is 3. The lowest BCUT2D eigenvalue weighted by atomic mass is 9.87. The van der Waals surface area contributed by atoms with Crippen molar-refractivity contribution in [2.45, 2.75) is 26.8 Å². The normalized spacial score (nSPS) is 16.6. The van der Waals surface area contributed by atoms with E-state index in [1.165, 1.54) is 42.1 Å². The highest BCUT2D eigenvalue weighted by atomic mass is 35.5. The van der Waals surface area contributed by atoms with Gasteiger partial charge < -0.3 is 19.4 Å². The van der Waals surface area contributed by atoms with Crippen molar-refractivity contribution in [3.8, 4) is 11.9 Å². The predicted molar refractivity (Wildman–Crippen MR) is 155 cm³/mol. The molecule has 1 atom stereocenters. The molecule has 0 bridgehead atoms. The Balaban J connectivity index is 2.02. The smallest absolute Gasteiger partial charge is 0.328 e. The van der Waals surface area contributed by atoms with Gasteiger partial charge in [0.05, 0.1) is 32.1 Å². The lowest BCUT2D eigenvalue weighted by molar-refractivity contribution is 0.247. The number of hydrogen-bond acceptors (Lipinski definition) is 8. The molecule has 40 heavy (non-hydrogen) atoms. The van der Waals surface area contributed by atoms with E-state index in [9.17, 15) is 9.59 Å². The van der Waals surface area contributed by atoms with Gasteiger partial charge in [-0.15, -0.1) is 0 Å². The van der Waals surface area contributed by atoms with Gasteiger partial charge in [0.15, 0.2) is 0 Å². The van der Waals surface area contributed by atoms with Crippen molar-refractivity contribution in [2.75, 3.05) is 24.4 Å². The first-order valence-electron chi connectivity index (χ1n) is 12.2. The number of carbonyl (C=O) groups is 1. The third-order valence-electron chi connectivity index (χ3n) is 6.43. The number of ether oxygens (including phenoxy) is 2. The highest BCUT2D eigenvalue weighted by Gasteiger charge is 2.41. The molecule has 3 aromatic rings. The molecular formula is C27H29Cl2N7O4. The van der Waals surface area contributed by atoms with E-state index in [1.807, 2.05) is 26.8 Å². The summed E-state index contributed by atoms with van der Waals surface area (Å²) < 4.78 is 11.9. The minimum absolute atomic E-state index is 0.0483. The first-order chi connectivity index (χ1) is 19.0. The second-order valence-electron chi connectivity index (χ2n) is 9.43. The first kappa shape index (κ1) is 28.9. The second kappa shape index (κ2) is 11.6. The number of benzene rings is 1. The minimum Gasteiger partial charge on any atom is -0.479 e. The largest absolute Gasteiger partial charge is 0.479 e. The zero-order valence-electron chi connectivity index (χ0n) is 22.8. The summed E-state index contributed by atoms with van der Waals surface area (Å²) in [6.07, 6.45) is 3.05. The Morgan fingerprint density at radius 1 is 1.18 bits per heavy atom. The molecule has 13 heteroatoms. The van der Waals surface area contributed by atoms with Gasteiger partial charge in [-0.1, -0.05) is 43.1 Å². The van der Waals surface area contributed by atoms with Gasteiger partial charge in [-0.05, 0) is 42.2 Å². The molecule has 1 unspecified atom stereocenters.